The molecule has 68 valence electrons. The summed E-state index contributed by atoms with van der Waals surface area (Å²) in [5.74, 6) is -0.892. The van der Waals surface area contributed by atoms with Crippen LogP contribution in [0.5, 0.6) is 0 Å². The van der Waals surface area contributed by atoms with Crippen LogP contribution in [0.25, 0.3) is 0 Å². The van der Waals surface area contributed by atoms with Crippen LogP contribution in [-0.4, -0.2) is 29.0 Å². The molecule has 0 bridgehead atoms. The largest absolute Gasteiger partial charge is 0.479 e. The van der Waals surface area contributed by atoms with Gasteiger partial charge in [0.25, 0.3) is 0 Å². The number of hydrogen-bond donors (Lipinski definition) is 1. The molecular weight excluding hydrogens is 176 g/mol. The van der Waals surface area contributed by atoms with Gasteiger partial charge >= 0.3 is 5.97 Å². The molecule has 0 aromatic rings. The van der Waals surface area contributed by atoms with Crippen molar-refractivity contribution >= 4 is 17.7 Å². The molecule has 0 saturated carbocycles. The molecule has 12 heavy (non-hydrogen) atoms. The Morgan fingerprint density at radius 1 is 1.83 bits per heavy atom. The monoisotopic (exact) mass is 188 g/mol. The summed E-state index contributed by atoms with van der Waals surface area (Å²) in [5.41, 5.74) is 0. The summed E-state index contributed by atoms with van der Waals surface area (Å²) in [6, 6.07) is 0. The van der Waals surface area contributed by atoms with Crippen LogP contribution < -0.4 is 0 Å². The molecule has 0 aromatic carbocycles. The van der Waals surface area contributed by atoms with Crippen molar-refractivity contribution in [2.24, 2.45) is 0 Å². The number of carbonyl (C=O) groups is 1. The van der Waals surface area contributed by atoms with E-state index in [4.69, 9.17) is 9.84 Å². The fourth-order valence-electron chi connectivity index (χ4n) is 1.31. The zero-order valence-electron chi connectivity index (χ0n) is 7.11. The maximum atomic E-state index is 10.8. The summed E-state index contributed by atoms with van der Waals surface area (Å²) in [6.45, 7) is 1.90. The first kappa shape index (κ1) is 9.61. The van der Waals surface area contributed by atoms with Crippen LogP contribution in [-0.2, 0) is 9.53 Å². The van der Waals surface area contributed by atoms with Gasteiger partial charge in [-0.3, -0.25) is 0 Å². The number of rotatable bonds is 3. The zero-order valence-corrected chi connectivity index (χ0v) is 7.93. The summed E-state index contributed by atoms with van der Waals surface area (Å²) in [5, 5.41) is 10.8. The predicted octanol–water partition coefficient (Wildman–Crippen LogP) is 1.50. The molecule has 1 aliphatic heterocycles. The lowest BCUT2D eigenvalue weighted by molar-refractivity contribution is -0.150. The van der Waals surface area contributed by atoms with E-state index in [0.717, 1.165) is 6.42 Å². The standard InChI is InChI=1S/C8H12O3S/c1-8(4-3-5-12-8)6(11-2)7(9)10/h3,5-6H,4H2,1-2H3,(H,9,10)/t6-,8?/m0/s1. The Bertz CT molecular complexity index is 204. The van der Waals surface area contributed by atoms with Crippen LogP contribution in [0.2, 0.25) is 0 Å². The van der Waals surface area contributed by atoms with E-state index in [-0.39, 0.29) is 4.75 Å². The number of carboxylic acid groups (broad SMARTS) is 1. The Morgan fingerprint density at radius 3 is 2.83 bits per heavy atom. The first-order chi connectivity index (χ1) is 5.60. The number of thioether (sulfide) groups is 1. The molecule has 0 fully saturated rings. The Kier molecular flexibility index (Phi) is 2.80. The maximum Gasteiger partial charge on any atom is 0.334 e. The van der Waals surface area contributed by atoms with Crippen molar-refractivity contribution in [1.82, 2.24) is 0 Å². The molecule has 0 spiro atoms. The summed E-state index contributed by atoms with van der Waals surface area (Å²) in [6.07, 6.45) is 2.00. The van der Waals surface area contributed by atoms with E-state index in [9.17, 15) is 4.79 Å². The molecule has 1 rings (SSSR count). The minimum absolute atomic E-state index is 0.333. The van der Waals surface area contributed by atoms with Crippen LogP contribution in [0.4, 0.5) is 0 Å². The Hall–Kier alpha value is -0.480. The van der Waals surface area contributed by atoms with E-state index in [1.165, 1.54) is 18.9 Å². The van der Waals surface area contributed by atoms with Gasteiger partial charge in [0.2, 0.25) is 0 Å². The fraction of sp³-hybridized carbons (Fsp3) is 0.625. The second kappa shape index (κ2) is 3.49. The van der Waals surface area contributed by atoms with Crippen molar-refractivity contribution in [2.75, 3.05) is 7.11 Å². The third-order valence-electron chi connectivity index (χ3n) is 1.97. The lowest BCUT2D eigenvalue weighted by Gasteiger charge is -2.28. The number of carboxylic acids is 1. The molecule has 0 aliphatic carbocycles. The van der Waals surface area contributed by atoms with Crippen LogP contribution in [0, 0.1) is 0 Å². The SMILES string of the molecule is CO[C@@H](C(=O)O)C1(C)CC=CS1. The van der Waals surface area contributed by atoms with Gasteiger partial charge in [-0.1, -0.05) is 6.08 Å². The second-order valence-corrected chi connectivity index (χ2v) is 4.40. The Balaban J connectivity index is 2.71. The maximum absolute atomic E-state index is 10.8. The van der Waals surface area contributed by atoms with Crippen LogP contribution in [0.15, 0.2) is 11.5 Å². The minimum Gasteiger partial charge on any atom is -0.479 e. The van der Waals surface area contributed by atoms with Gasteiger partial charge in [0.15, 0.2) is 6.10 Å². The lowest BCUT2D eigenvalue weighted by Crippen LogP contribution is -2.41. The average Bonchev–Trinajstić information content (AvgIpc) is 2.37. The summed E-state index contributed by atoms with van der Waals surface area (Å²) >= 11 is 1.52. The molecule has 1 heterocycles. The van der Waals surface area contributed by atoms with Crippen molar-refractivity contribution in [1.29, 1.82) is 0 Å². The highest BCUT2D eigenvalue weighted by Crippen LogP contribution is 2.39. The molecule has 0 amide bonds. The number of allylic oxidation sites excluding steroid dienone is 1. The van der Waals surface area contributed by atoms with Crippen molar-refractivity contribution in [3.05, 3.63) is 11.5 Å². The van der Waals surface area contributed by atoms with Crippen LogP contribution in [0.3, 0.4) is 0 Å². The van der Waals surface area contributed by atoms with Gasteiger partial charge in [0, 0.05) is 7.11 Å². The smallest absolute Gasteiger partial charge is 0.334 e. The number of aliphatic carboxylic acids is 1. The molecule has 0 saturated heterocycles. The van der Waals surface area contributed by atoms with Gasteiger partial charge < -0.3 is 9.84 Å². The van der Waals surface area contributed by atoms with Crippen molar-refractivity contribution in [2.45, 2.75) is 24.2 Å². The molecule has 1 unspecified atom stereocenters. The zero-order chi connectivity index (χ0) is 9.19. The molecular formula is C8H12O3S. The predicted molar refractivity (Wildman–Crippen MR) is 48.2 cm³/mol. The van der Waals surface area contributed by atoms with Crippen molar-refractivity contribution in [3.63, 3.8) is 0 Å². The Labute approximate surface area is 75.8 Å². The minimum atomic E-state index is -0.892. The summed E-state index contributed by atoms with van der Waals surface area (Å²) in [7, 11) is 1.43. The lowest BCUT2D eigenvalue weighted by atomic mass is 10.00. The molecule has 0 aromatic heterocycles. The highest BCUT2D eigenvalue weighted by molar-refractivity contribution is 8.03. The molecule has 0 radical (unpaired) electrons. The first-order valence-corrected chi connectivity index (χ1v) is 4.56. The third-order valence-corrected chi connectivity index (χ3v) is 3.22. The van der Waals surface area contributed by atoms with E-state index in [1.807, 2.05) is 18.4 Å². The third kappa shape index (κ3) is 1.64. The second-order valence-electron chi connectivity index (χ2n) is 2.96. The number of hydrogen-bond acceptors (Lipinski definition) is 3. The average molecular weight is 188 g/mol. The van der Waals surface area contributed by atoms with Crippen molar-refractivity contribution in [3.8, 4) is 0 Å². The van der Waals surface area contributed by atoms with Crippen LogP contribution in [0.1, 0.15) is 13.3 Å². The molecule has 3 nitrogen and oxygen atoms in total. The van der Waals surface area contributed by atoms with E-state index in [1.54, 1.807) is 0 Å². The fourth-order valence-corrected chi connectivity index (χ4v) is 2.33. The summed E-state index contributed by atoms with van der Waals surface area (Å²) in [4.78, 5) is 10.8. The van der Waals surface area contributed by atoms with E-state index < -0.39 is 12.1 Å². The first-order valence-electron chi connectivity index (χ1n) is 3.68. The van der Waals surface area contributed by atoms with E-state index >= 15 is 0 Å². The topological polar surface area (TPSA) is 46.5 Å². The van der Waals surface area contributed by atoms with E-state index in [0.29, 0.717) is 0 Å². The highest BCUT2D eigenvalue weighted by atomic mass is 32.2. The summed E-state index contributed by atoms with van der Waals surface area (Å²) < 4.78 is 4.61. The van der Waals surface area contributed by atoms with Gasteiger partial charge in [-0.05, 0) is 18.8 Å². The molecule has 1 N–H and O–H groups in total. The van der Waals surface area contributed by atoms with Gasteiger partial charge in [-0.15, -0.1) is 11.8 Å². The normalized spacial score (nSPS) is 30.5. The van der Waals surface area contributed by atoms with Crippen LogP contribution >= 0.6 is 11.8 Å². The Morgan fingerprint density at radius 2 is 2.50 bits per heavy atom. The highest BCUT2D eigenvalue weighted by Gasteiger charge is 2.40. The van der Waals surface area contributed by atoms with Gasteiger partial charge in [0.1, 0.15) is 0 Å². The number of ether oxygens (including phenoxy) is 1. The van der Waals surface area contributed by atoms with E-state index in [2.05, 4.69) is 0 Å². The molecule has 4 heteroatoms. The van der Waals surface area contributed by atoms with Gasteiger partial charge in [-0.25, -0.2) is 4.79 Å². The molecule has 2 atom stereocenters. The quantitative estimate of drug-likeness (QED) is 0.729. The van der Waals surface area contributed by atoms with Gasteiger partial charge in [0.05, 0.1) is 4.75 Å². The van der Waals surface area contributed by atoms with Crippen molar-refractivity contribution < 1.29 is 14.6 Å². The van der Waals surface area contributed by atoms with Gasteiger partial charge in [-0.2, -0.15) is 0 Å². The number of methoxy groups -OCH3 is 1. The molecule has 1 aliphatic rings.